The largest absolute Gasteiger partial charge is 0.465 e. The quantitative estimate of drug-likeness (QED) is 0.744. The van der Waals surface area contributed by atoms with Gasteiger partial charge in [-0.25, -0.2) is 13.2 Å². The number of sulfonamides is 1. The smallest absolute Gasteiger partial charge is 0.337 e. The number of nitrogens with one attached hydrogen (secondary N) is 1. The van der Waals surface area contributed by atoms with Crippen LogP contribution in [-0.4, -0.2) is 51.8 Å². The number of benzene rings is 1. The summed E-state index contributed by atoms with van der Waals surface area (Å²) < 4.78 is 31.3. The summed E-state index contributed by atoms with van der Waals surface area (Å²) in [6.45, 7) is 3.42. The first-order chi connectivity index (χ1) is 10.8. The second-order valence-corrected chi connectivity index (χ2v) is 6.89. The normalized spacial score (nSPS) is 11.3. The second-order valence-electron chi connectivity index (χ2n) is 4.98. The number of ether oxygens (including phenoxy) is 1. The number of methoxy groups -OCH3 is 1. The number of carbonyl (C=O) groups excluding carboxylic acids is 2. The van der Waals surface area contributed by atoms with Gasteiger partial charge in [-0.2, -0.15) is 4.31 Å². The molecule has 0 spiro atoms. The number of carbonyl (C=O) groups is 2. The van der Waals surface area contributed by atoms with Crippen LogP contribution in [-0.2, 0) is 19.6 Å². The van der Waals surface area contributed by atoms with Gasteiger partial charge >= 0.3 is 5.97 Å². The number of nitrogens with zero attached hydrogens (tertiary/aromatic N) is 1. The highest BCUT2D eigenvalue weighted by molar-refractivity contribution is 7.89. The van der Waals surface area contributed by atoms with E-state index in [2.05, 4.69) is 10.1 Å². The molecule has 7 nitrogen and oxygen atoms in total. The van der Waals surface area contributed by atoms with Crippen molar-refractivity contribution in [3.05, 3.63) is 29.3 Å². The summed E-state index contributed by atoms with van der Waals surface area (Å²) in [5, 5.41) is 2.42. The molecule has 0 aliphatic rings. The molecule has 0 atom stereocenters. The van der Waals surface area contributed by atoms with Gasteiger partial charge in [-0.15, -0.1) is 0 Å². The van der Waals surface area contributed by atoms with Crippen molar-refractivity contribution in [2.45, 2.75) is 25.2 Å². The Morgan fingerprint density at radius 1 is 1.30 bits per heavy atom. The summed E-state index contributed by atoms with van der Waals surface area (Å²) in [6.07, 6.45) is 0.579. The van der Waals surface area contributed by atoms with Gasteiger partial charge in [0.2, 0.25) is 15.9 Å². The van der Waals surface area contributed by atoms with Gasteiger partial charge in [-0.05, 0) is 37.1 Å². The molecule has 0 heterocycles. The van der Waals surface area contributed by atoms with Crippen molar-refractivity contribution >= 4 is 21.9 Å². The average molecular weight is 342 g/mol. The molecule has 1 N–H and O–H groups in total. The minimum Gasteiger partial charge on any atom is -0.465 e. The Labute approximate surface area is 136 Å². The van der Waals surface area contributed by atoms with Crippen molar-refractivity contribution in [3.8, 4) is 0 Å². The molecule has 1 rings (SSSR count). The van der Waals surface area contributed by atoms with E-state index in [1.807, 2.05) is 6.92 Å². The average Bonchev–Trinajstić information content (AvgIpc) is 2.52. The Balaban J connectivity index is 3.24. The van der Waals surface area contributed by atoms with Crippen LogP contribution in [0.3, 0.4) is 0 Å². The Morgan fingerprint density at radius 3 is 2.43 bits per heavy atom. The van der Waals surface area contributed by atoms with Crippen LogP contribution in [0.1, 0.15) is 29.3 Å². The van der Waals surface area contributed by atoms with Gasteiger partial charge < -0.3 is 10.1 Å². The molecule has 0 aliphatic carbocycles. The minimum absolute atomic E-state index is 0.0718. The number of likely N-dealkylation sites (N-methyl/N-ethyl adjacent to an activating group) is 1. The molecule has 1 amide bonds. The Morgan fingerprint density at radius 2 is 1.96 bits per heavy atom. The molecular formula is C15H22N2O5S. The third-order valence-corrected chi connectivity index (χ3v) is 5.29. The molecular weight excluding hydrogens is 320 g/mol. The predicted octanol–water partition coefficient (Wildman–Crippen LogP) is 0.928. The van der Waals surface area contributed by atoms with Crippen molar-refractivity contribution in [1.82, 2.24) is 9.62 Å². The second kappa shape index (κ2) is 8.07. The van der Waals surface area contributed by atoms with Gasteiger partial charge in [0.05, 0.1) is 24.1 Å². The maximum absolute atomic E-state index is 12.8. The lowest BCUT2D eigenvalue weighted by Gasteiger charge is -2.22. The predicted molar refractivity (Wildman–Crippen MR) is 85.6 cm³/mol. The standard InChI is InChI=1S/C15H22N2O5S/c1-5-8-17(10-14(18)16-3)23(20,21)13-7-6-12(9-11(13)2)15(19)22-4/h6-7,9H,5,8,10H2,1-4H3,(H,16,18). The molecule has 23 heavy (non-hydrogen) atoms. The zero-order valence-corrected chi connectivity index (χ0v) is 14.6. The molecule has 0 aromatic heterocycles. The molecule has 0 aliphatic heterocycles. The molecule has 0 fully saturated rings. The summed E-state index contributed by atoms with van der Waals surface area (Å²) in [4.78, 5) is 23.1. The number of rotatable bonds is 7. The van der Waals surface area contributed by atoms with Gasteiger partial charge in [0.15, 0.2) is 0 Å². The first kappa shape index (κ1) is 19.1. The lowest BCUT2D eigenvalue weighted by molar-refractivity contribution is -0.120. The number of esters is 1. The maximum Gasteiger partial charge on any atom is 0.337 e. The number of amides is 1. The van der Waals surface area contributed by atoms with Crippen molar-refractivity contribution in [2.75, 3.05) is 27.2 Å². The van der Waals surface area contributed by atoms with Crippen LogP contribution in [0.15, 0.2) is 23.1 Å². The third kappa shape index (κ3) is 4.52. The van der Waals surface area contributed by atoms with Crippen LogP contribution in [0.5, 0.6) is 0 Å². The van der Waals surface area contributed by atoms with Gasteiger partial charge in [-0.1, -0.05) is 6.92 Å². The van der Waals surface area contributed by atoms with Crippen LogP contribution >= 0.6 is 0 Å². The first-order valence-electron chi connectivity index (χ1n) is 7.17. The fourth-order valence-electron chi connectivity index (χ4n) is 2.10. The van der Waals surface area contributed by atoms with Crippen molar-refractivity contribution in [2.24, 2.45) is 0 Å². The molecule has 0 bridgehead atoms. The van der Waals surface area contributed by atoms with E-state index in [0.29, 0.717) is 12.0 Å². The van der Waals surface area contributed by atoms with E-state index in [0.717, 1.165) is 4.31 Å². The van der Waals surface area contributed by atoms with Crippen LogP contribution in [0, 0.1) is 6.92 Å². The number of hydrogen-bond acceptors (Lipinski definition) is 5. The molecule has 1 aromatic carbocycles. The molecule has 0 saturated heterocycles. The number of hydrogen-bond donors (Lipinski definition) is 1. The first-order valence-corrected chi connectivity index (χ1v) is 8.61. The zero-order valence-electron chi connectivity index (χ0n) is 13.8. The van der Waals surface area contributed by atoms with Crippen molar-refractivity contribution in [3.63, 3.8) is 0 Å². The monoisotopic (exact) mass is 342 g/mol. The van der Waals surface area contributed by atoms with Gasteiger partial charge in [0, 0.05) is 13.6 Å². The van der Waals surface area contributed by atoms with E-state index in [1.54, 1.807) is 6.92 Å². The van der Waals surface area contributed by atoms with Crippen LogP contribution in [0.4, 0.5) is 0 Å². The molecule has 8 heteroatoms. The van der Waals surface area contributed by atoms with E-state index in [9.17, 15) is 18.0 Å². The van der Waals surface area contributed by atoms with E-state index < -0.39 is 16.0 Å². The summed E-state index contributed by atoms with van der Waals surface area (Å²) in [5.74, 6) is -0.918. The van der Waals surface area contributed by atoms with E-state index in [-0.39, 0.29) is 29.5 Å². The molecule has 1 aromatic rings. The van der Waals surface area contributed by atoms with Crippen LogP contribution in [0.2, 0.25) is 0 Å². The lowest BCUT2D eigenvalue weighted by atomic mass is 10.1. The van der Waals surface area contributed by atoms with E-state index in [1.165, 1.54) is 32.4 Å². The Kier molecular flexibility index (Phi) is 6.71. The minimum atomic E-state index is -3.83. The van der Waals surface area contributed by atoms with Crippen molar-refractivity contribution < 1.29 is 22.7 Å². The van der Waals surface area contributed by atoms with Crippen LogP contribution in [0.25, 0.3) is 0 Å². The SMILES string of the molecule is CCCN(CC(=O)NC)S(=O)(=O)c1ccc(C(=O)OC)cc1C. The van der Waals surface area contributed by atoms with E-state index >= 15 is 0 Å². The molecule has 128 valence electrons. The summed E-state index contributed by atoms with van der Waals surface area (Å²) in [5.41, 5.74) is 0.697. The fourth-order valence-corrected chi connectivity index (χ4v) is 3.79. The van der Waals surface area contributed by atoms with Gasteiger partial charge in [-0.3, -0.25) is 4.79 Å². The van der Waals surface area contributed by atoms with Gasteiger partial charge in [0.25, 0.3) is 0 Å². The molecule has 0 saturated carbocycles. The lowest BCUT2D eigenvalue weighted by Crippen LogP contribution is -2.40. The highest BCUT2D eigenvalue weighted by Gasteiger charge is 2.27. The fraction of sp³-hybridized carbons (Fsp3) is 0.467. The third-order valence-electron chi connectivity index (χ3n) is 3.29. The van der Waals surface area contributed by atoms with Crippen LogP contribution < -0.4 is 5.32 Å². The topological polar surface area (TPSA) is 92.8 Å². The summed E-state index contributed by atoms with van der Waals surface area (Å²) in [6, 6.07) is 4.22. The highest BCUT2D eigenvalue weighted by atomic mass is 32.2. The number of aryl methyl sites for hydroxylation is 1. The molecule has 0 unspecified atom stereocenters. The van der Waals surface area contributed by atoms with E-state index in [4.69, 9.17) is 0 Å². The summed E-state index contributed by atoms with van der Waals surface area (Å²) in [7, 11) is -1.12. The molecule has 0 radical (unpaired) electrons. The maximum atomic E-state index is 12.8. The highest BCUT2D eigenvalue weighted by Crippen LogP contribution is 2.21. The van der Waals surface area contributed by atoms with Crippen molar-refractivity contribution in [1.29, 1.82) is 0 Å². The summed E-state index contributed by atoms with van der Waals surface area (Å²) >= 11 is 0. The Hall–Kier alpha value is -1.93. The van der Waals surface area contributed by atoms with Gasteiger partial charge in [0.1, 0.15) is 0 Å². The Bertz CT molecular complexity index is 685. The zero-order chi connectivity index (χ0) is 17.6.